The molecule has 0 aromatic heterocycles. The summed E-state index contributed by atoms with van der Waals surface area (Å²) in [4.78, 5) is 82.8. The smallest absolute Gasteiger partial charge is 0.407 e. The van der Waals surface area contributed by atoms with Crippen molar-refractivity contribution in [3.05, 3.63) is 95.1 Å². The van der Waals surface area contributed by atoms with Gasteiger partial charge in [-0.05, 0) is 86.6 Å². The van der Waals surface area contributed by atoms with Crippen LogP contribution in [-0.4, -0.2) is 182 Å². The minimum atomic E-state index is -0.975. The molecule has 1 heterocycles. The number of phenols is 1. The number of anilines is 1. The third-order valence-corrected chi connectivity index (χ3v) is 12.2. The van der Waals surface area contributed by atoms with Gasteiger partial charge in [0.15, 0.2) is 5.96 Å². The van der Waals surface area contributed by atoms with E-state index in [1.165, 1.54) is 12.1 Å². The molecule has 25 heteroatoms. The van der Waals surface area contributed by atoms with Gasteiger partial charge in [0, 0.05) is 77.4 Å². The Morgan fingerprint density at radius 3 is 1.84 bits per heavy atom. The number of aliphatic imine (C=N–C) groups is 1. The summed E-state index contributed by atoms with van der Waals surface area (Å²) >= 11 is 0. The van der Waals surface area contributed by atoms with Crippen molar-refractivity contribution >= 4 is 47.4 Å². The maximum Gasteiger partial charge on any atom is 0.407 e. The van der Waals surface area contributed by atoms with E-state index >= 15 is 0 Å². The highest BCUT2D eigenvalue weighted by Gasteiger charge is 2.34. The van der Waals surface area contributed by atoms with Gasteiger partial charge < -0.3 is 81.2 Å². The first kappa shape index (κ1) is 68.4. The number of nitrogens with one attached hydrogen (secondary N) is 8. The lowest BCUT2D eigenvalue weighted by Gasteiger charge is -2.29. The van der Waals surface area contributed by atoms with Gasteiger partial charge in [0.05, 0.1) is 79.3 Å². The second-order valence-electron chi connectivity index (χ2n) is 20.1. The Balaban J connectivity index is 1.14. The summed E-state index contributed by atoms with van der Waals surface area (Å²) in [5, 5.41) is 32.4. The number of carbonyl (C=O) groups is 6. The number of alkyl carbamates (subject to hydrolysis) is 1. The number of phenolic OH excluding ortho intramolecular Hbond substituents is 1. The zero-order valence-corrected chi connectivity index (χ0v) is 48.7. The van der Waals surface area contributed by atoms with E-state index in [1.807, 2.05) is 48.5 Å². The Hall–Kier alpha value is -7.13. The number of amides is 7. The Morgan fingerprint density at radius 1 is 0.639 bits per heavy atom. The maximum atomic E-state index is 14.7. The van der Waals surface area contributed by atoms with Crippen LogP contribution < -0.4 is 48.3 Å². The Bertz CT molecular complexity index is 2400. The number of urea groups is 1. The highest BCUT2D eigenvalue weighted by Crippen LogP contribution is 2.33. The van der Waals surface area contributed by atoms with Gasteiger partial charge in [-0.15, -0.1) is 0 Å². The van der Waals surface area contributed by atoms with E-state index in [0.29, 0.717) is 130 Å². The molecule has 3 aromatic carbocycles. The first-order chi connectivity index (χ1) is 40.1. The van der Waals surface area contributed by atoms with Crippen LogP contribution in [0.15, 0.2) is 77.8 Å². The molecule has 1 aliphatic heterocycles. The van der Waals surface area contributed by atoms with Crippen LogP contribution in [0.25, 0.3) is 0 Å². The molecule has 0 radical (unpaired) electrons. The molecule has 83 heavy (non-hydrogen) atoms. The number of hydrogen-bond donors (Lipinski definition) is 10. The van der Waals surface area contributed by atoms with Gasteiger partial charge in [-0.1, -0.05) is 55.5 Å². The standard InChI is InChI=1S/C58H89N11O14/c1-5-50(71)62-24-25-64-56(75)68-55(59)63-21-9-15-49(53(73)66-40-43-16-18-48(70)19-17-43)67-54(74)52(69-41-45-11-6-7-12-46(45)42-69)44-13-8-14-47(39-44)60-22-10-23-61-51(72)20-27-77-29-31-79-33-35-81-37-38-82-36-34-80-32-30-78-28-26-65-57(76)83-58(2,3)4/h6-8,11-14,16-19,39,49,52,60,70H,5,9-10,15,20-38,40-42H2,1-4H3,(H,61,72)(H,62,71)(H,65,76)(H,66,73)(H,67,74)(H4,59,63,64,68,75)/t49-,52+/m1/s1. The van der Waals surface area contributed by atoms with Crippen LogP contribution in [0.2, 0.25) is 0 Å². The van der Waals surface area contributed by atoms with Crippen LogP contribution in [-0.2, 0) is 72.0 Å². The number of ether oxygens (including phenoxy) is 7. The third kappa shape index (κ3) is 30.7. The van der Waals surface area contributed by atoms with E-state index in [4.69, 9.17) is 38.9 Å². The van der Waals surface area contributed by atoms with Crippen molar-refractivity contribution in [2.45, 2.75) is 97.1 Å². The summed E-state index contributed by atoms with van der Waals surface area (Å²) in [7, 11) is 0. The number of nitrogens with two attached hydrogens (primary N) is 1. The van der Waals surface area contributed by atoms with E-state index in [1.54, 1.807) is 39.8 Å². The summed E-state index contributed by atoms with van der Waals surface area (Å²) < 4.78 is 38.2. The minimum Gasteiger partial charge on any atom is -0.508 e. The molecular formula is C58H89N11O14. The molecule has 0 bridgehead atoms. The van der Waals surface area contributed by atoms with Crippen molar-refractivity contribution in [3.8, 4) is 5.75 Å². The predicted octanol–water partition coefficient (Wildman–Crippen LogP) is 3.10. The average Bonchev–Trinajstić information content (AvgIpc) is 4.07. The molecule has 25 nitrogen and oxygen atoms in total. The highest BCUT2D eigenvalue weighted by molar-refractivity contribution is 5.95. The third-order valence-electron chi connectivity index (χ3n) is 12.2. The molecule has 7 amide bonds. The molecular weight excluding hydrogens is 1070 g/mol. The van der Waals surface area contributed by atoms with Crippen LogP contribution in [0.3, 0.4) is 0 Å². The summed E-state index contributed by atoms with van der Waals surface area (Å²) in [6.07, 6.45) is 1.22. The van der Waals surface area contributed by atoms with Gasteiger partial charge in [-0.2, -0.15) is 0 Å². The second kappa shape index (κ2) is 40.2. The largest absolute Gasteiger partial charge is 0.508 e. The number of rotatable bonds is 41. The Morgan fingerprint density at radius 2 is 1.23 bits per heavy atom. The van der Waals surface area contributed by atoms with Gasteiger partial charge in [-0.25, -0.2) is 9.59 Å². The monoisotopic (exact) mass is 1160 g/mol. The topological polar surface area (TPSA) is 325 Å². The molecule has 11 N–H and O–H groups in total. The summed E-state index contributed by atoms with van der Waals surface area (Å²) in [5.41, 5.74) is 9.89. The number of guanidine groups is 1. The maximum absolute atomic E-state index is 14.7. The van der Waals surface area contributed by atoms with E-state index < -0.39 is 35.7 Å². The normalized spacial score (nSPS) is 13.0. The molecule has 2 atom stereocenters. The number of nitrogens with zero attached hydrogens (tertiary/aromatic N) is 2. The summed E-state index contributed by atoms with van der Waals surface area (Å²) in [6, 6.07) is 19.7. The van der Waals surface area contributed by atoms with Crippen molar-refractivity contribution in [2.75, 3.05) is 124 Å². The van der Waals surface area contributed by atoms with Crippen molar-refractivity contribution in [2.24, 2.45) is 10.7 Å². The molecule has 0 aliphatic carbocycles. The van der Waals surface area contributed by atoms with Crippen molar-refractivity contribution in [1.29, 1.82) is 0 Å². The molecule has 1 aliphatic rings. The van der Waals surface area contributed by atoms with Crippen LogP contribution in [0.1, 0.15) is 88.1 Å². The quantitative estimate of drug-likeness (QED) is 0.0222. The lowest BCUT2D eigenvalue weighted by Crippen LogP contribution is -2.50. The fraction of sp³-hybridized carbons (Fsp3) is 0.569. The fourth-order valence-electron chi connectivity index (χ4n) is 8.08. The lowest BCUT2D eigenvalue weighted by molar-refractivity contribution is -0.132. The fourth-order valence-corrected chi connectivity index (χ4v) is 8.08. The van der Waals surface area contributed by atoms with Crippen LogP contribution in [0.5, 0.6) is 5.75 Å². The summed E-state index contributed by atoms with van der Waals surface area (Å²) in [5.74, 6) is -1.08. The average molecular weight is 1160 g/mol. The molecule has 4 rings (SSSR count). The molecule has 460 valence electrons. The number of fused-ring (bicyclic) bond motifs is 1. The summed E-state index contributed by atoms with van der Waals surface area (Å²) in [6.45, 7) is 14.9. The van der Waals surface area contributed by atoms with Crippen molar-refractivity contribution in [3.63, 3.8) is 0 Å². The number of benzene rings is 3. The number of carbonyl (C=O) groups excluding carboxylic acids is 6. The molecule has 0 unspecified atom stereocenters. The number of hydrogen-bond acceptors (Lipinski definition) is 17. The van der Waals surface area contributed by atoms with E-state index in [9.17, 15) is 33.9 Å². The molecule has 3 aromatic rings. The van der Waals surface area contributed by atoms with Crippen molar-refractivity contribution < 1.29 is 67.0 Å². The minimum absolute atomic E-state index is 0.0942. The molecule has 0 saturated heterocycles. The highest BCUT2D eigenvalue weighted by atomic mass is 16.6. The van der Waals surface area contributed by atoms with Crippen LogP contribution >= 0.6 is 0 Å². The van der Waals surface area contributed by atoms with Crippen LogP contribution in [0.4, 0.5) is 15.3 Å². The first-order valence-corrected chi connectivity index (χ1v) is 28.4. The Labute approximate surface area is 487 Å². The van der Waals surface area contributed by atoms with Gasteiger partial charge in [0.25, 0.3) is 0 Å². The zero-order chi connectivity index (χ0) is 59.9. The SMILES string of the molecule is CCC(=O)NCCNC(=O)NC(N)=NCCC[C@@H](NC(=O)[C@H](c1cccc(NCCCNC(=O)CCOCCOCCOCCOCCOCCOCCNC(=O)OC(C)(C)C)c1)N1Cc2ccccc2C1)C(=O)NCc1ccc(O)cc1. The predicted molar refractivity (Wildman–Crippen MR) is 312 cm³/mol. The second-order valence-corrected chi connectivity index (χ2v) is 20.1. The van der Waals surface area contributed by atoms with E-state index in [0.717, 1.165) is 22.4 Å². The zero-order valence-electron chi connectivity index (χ0n) is 48.7. The Kier molecular flexibility index (Phi) is 33.1. The van der Waals surface area contributed by atoms with Crippen molar-refractivity contribution in [1.82, 2.24) is 42.1 Å². The van der Waals surface area contributed by atoms with E-state index in [2.05, 4.69) is 52.4 Å². The van der Waals surface area contributed by atoms with Gasteiger partial charge in [-0.3, -0.25) is 34.4 Å². The lowest BCUT2D eigenvalue weighted by atomic mass is 10.0. The molecule has 0 saturated carbocycles. The molecule has 0 spiro atoms. The van der Waals surface area contributed by atoms with Gasteiger partial charge >= 0.3 is 12.1 Å². The molecule has 0 fully saturated rings. The number of aromatic hydroxyl groups is 1. The van der Waals surface area contributed by atoms with E-state index in [-0.39, 0.29) is 75.1 Å². The van der Waals surface area contributed by atoms with Gasteiger partial charge in [0.1, 0.15) is 23.4 Å². The van der Waals surface area contributed by atoms with Crippen LogP contribution in [0, 0.1) is 0 Å². The first-order valence-electron chi connectivity index (χ1n) is 28.4. The van der Waals surface area contributed by atoms with Gasteiger partial charge in [0.2, 0.25) is 23.6 Å².